The lowest BCUT2D eigenvalue weighted by atomic mass is 9.95. The fraction of sp³-hybridized carbons (Fsp3) is 0.333. The van der Waals surface area contributed by atoms with Crippen LogP contribution in [0.15, 0.2) is 48.5 Å². The van der Waals surface area contributed by atoms with Gasteiger partial charge in [-0.15, -0.1) is 0 Å². The van der Waals surface area contributed by atoms with Gasteiger partial charge in [-0.2, -0.15) is 0 Å². The second-order valence-corrected chi connectivity index (χ2v) is 6.34. The van der Waals surface area contributed by atoms with Crippen LogP contribution >= 0.6 is 0 Å². The summed E-state index contributed by atoms with van der Waals surface area (Å²) in [5, 5.41) is 26.2. The Bertz CT molecular complexity index is 721. The Morgan fingerprint density at radius 1 is 0.962 bits per heavy atom. The number of hydrogen-bond acceptors (Lipinski definition) is 3. The molecule has 26 heavy (non-hydrogen) atoms. The van der Waals surface area contributed by atoms with E-state index in [0.29, 0.717) is 5.92 Å². The van der Waals surface area contributed by atoms with Crippen molar-refractivity contribution in [1.29, 1.82) is 0 Å². The zero-order valence-corrected chi connectivity index (χ0v) is 15.3. The molecule has 0 saturated heterocycles. The maximum atomic E-state index is 10.8. The molecule has 0 aromatic heterocycles. The molecule has 0 aliphatic rings. The van der Waals surface area contributed by atoms with E-state index >= 15 is 0 Å². The molecule has 0 fully saturated rings. The van der Waals surface area contributed by atoms with Gasteiger partial charge in [0.25, 0.3) is 0 Å². The molecule has 0 bridgehead atoms. The van der Waals surface area contributed by atoms with Gasteiger partial charge in [0.2, 0.25) is 0 Å². The Hall–Kier alpha value is -2.82. The fourth-order valence-corrected chi connectivity index (χ4v) is 2.29. The van der Waals surface area contributed by atoms with Gasteiger partial charge >= 0.3 is 11.9 Å². The van der Waals surface area contributed by atoms with E-state index in [0.717, 1.165) is 12.0 Å². The number of aromatic hydroxyl groups is 1. The van der Waals surface area contributed by atoms with Crippen LogP contribution in [0.2, 0.25) is 0 Å². The van der Waals surface area contributed by atoms with E-state index in [1.54, 1.807) is 19.1 Å². The van der Waals surface area contributed by atoms with E-state index in [2.05, 4.69) is 13.8 Å². The Kier molecular flexibility index (Phi) is 8.35. The van der Waals surface area contributed by atoms with Crippen LogP contribution in [0.3, 0.4) is 0 Å². The summed E-state index contributed by atoms with van der Waals surface area (Å²) in [6.07, 6.45) is 2.24. The van der Waals surface area contributed by atoms with Crippen LogP contribution in [-0.4, -0.2) is 27.3 Å². The molecule has 0 aliphatic carbocycles. The average molecular weight is 358 g/mol. The first-order chi connectivity index (χ1) is 12.3. The highest BCUT2D eigenvalue weighted by Crippen LogP contribution is 2.18. The second kappa shape index (κ2) is 10.2. The molecule has 3 N–H and O–H groups in total. The first-order valence-electron chi connectivity index (χ1n) is 8.59. The van der Waals surface area contributed by atoms with Crippen molar-refractivity contribution in [2.75, 3.05) is 0 Å². The minimum atomic E-state index is -1.11. The number of rotatable bonds is 6. The van der Waals surface area contributed by atoms with Crippen molar-refractivity contribution in [3.05, 3.63) is 65.2 Å². The van der Waals surface area contributed by atoms with E-state index in [-0.39, 0.29) is 11.3 Å². The highest BCUT2D eigenvalue weighted by atomic mass is 16.4. The monoisotopic (exact) mass is 358 g/mol. The van der Waals surface area contributed by atoms with Gasteiger partial charge < -0.3 is 15.3 Å². The Balaban J connectivity index is 0.000000289. The third-order valence-corrected chi connectivity index (χ3v) is 4.27. The van der Waals surface area contributed by atoms with Crippen LogP contribution in [0.25, 0.3) is 0 Å². The predicted octanol–water partition coefficient (Wildman–Crippen LogP) is 4.55. The van der Waals surface area contributed by atoms with Crippen LogP contribution in [-0.2, 0) is 11.2 Å². The molecular formula is C21H26O5. The van der Waals surface area contributed by atoms with Crippen molar-refractivity contribution in [2.45, 2.75) is 39.5 Å². The van der Waals surface area contributed by atoms with E-state index in [1.165, 1.54) is 24.1 Å². The summed E-state index contributed by atoms with van der Waals surface area (Å²) < 4.78 is 0. The molecule has 5 heteroatoms. The van der Waals surface area contributed by atoms with E-state index < -0.39 is 17.9 Å². The molecular weight excluding hydrogens is 332 g/mol. The summed E-state index contributed by atoms with van der Waals surface area (Å²) in [7, 11) is 0. The lowest BCUT2D eigenvalue weighted by Gasteiger charge is -2.10. The fourth-order valence-electron chi connectivity index (χ4n) is 2.29. The van der Waals surface area contributed by atoms with Gasteiger partial charge in [-0.25, -0.2) is 4.79 Å². The number of aliphatic carboxylic acids is 1. The summed E-state index contributed by atoms with van der Waals surface area (Å²) in [5.74, 6) is -1.82. The molecule has 2 unspecified atom stereocenters. The molecule has 0 amide bonds. The van der Waals surface area contributed by atoms with Crippen molar-refractivity contribution >= 4 is 11.9 Å². The maximum absolute atomic E-state index is 10.8. The van der Waals surface area contributed by atoms with Crippen LogP contribution in [0.1, 0.15) is 54.6 Å². The number of benzene rings is 2. The number of carboxylic acids is 2. The van der Waals surface area contributed by atoms with Crippen LogP contribution < -0.4 is 0 Å². The zero-order chi connectivity index (χ0) is 19.7. The van der Waals surface area contributed by atoms with E-state index in [4.69, 9.17) is 15.3 Å². The van der Waals surface area contributed by atoms with Gasteiger partial charge in [0.15, 0.2) is 0 Å². The summed E-state index contributed by atoms with van der Waals surface area (Å²) in [4.78, 5) is 21.1. The van der Waals surface area contributed by atoms with Crippen molar-refractivity contribution in [2.24, 2.45) is 5.92 Å². The first kappa shape index (κ1) is 21.2. The highest BCUT2D eigenvalue weighted by molar-refractivity contribution is 5.90. The zero-order valence-electron chi connectivity index (χ0n) is 15.3. The first-order valence-corrected chi connectivity index (χ1v) is 8.59. The molecule has 0 radical (unpaired) electrons. The quantitative estimate of drug-likeness (QED) is 0.704. The number of hydrogen-bond donors (Lipinski definition) is 3. The number of phenols is 1. The molecule has 2 aromatic rings. The Morgan fingerprint density at radius 2 is 1.54 bits per heavy atom. The van der Waals surface area contributed by atoms with Crippen molar-refractivity contribution in [3.8, 4) is 5.75 Å². The van der Waals surface area contributed by atoms with E-state index in [1.807, 2.05) is 24.3 Å². The van der Waals surface area contributed by atoms with E-state index in [9.17, 15) is 9.59 Å². The van der Waals surface area contributed by atoms with Gasteiger partial charge in [0.05, 0.1) is 5.92 Å². The number of aromatic carboxylic acids is 1. The topological polar surface area (TPSA) is 94.8 Å². The molecule has 140 valence electrons. The summed E-state index contributed by atoms with van der Waals surface area (Å²) in [6, 6.07) is 13.8. The van der Waals surface area contributed by atoms with Gasteiger partial charge in [-0.05, 0) is 42.5 Å². The molecule has 2 aromatic carbocycles. The van der Waals surface area contributed by atoms with Crippen molar-refractivity contribution < 1.29 is 24.9 Å². The average Bonchev–Trinajstić information content (AvgIpc) is 2.62. The molecule has 0 spiro atoms. The standard InChI is InChI=1S/C14H20O2.C7H6O3/c1-4-10(2)9-12-5-7-13(8-6-12)11(3)14(15)16;8-6-4-2-1-3-5(6)7(9)10/h5-8,10-11H,4,9H2,1-3H3,(H,15,16);1-4,8H,(H,9,10). The molecule has 5 nitrogen and oxygen atoms in total. The van der Waals surface area contributed by atoms with Crippen molar-refractivity contribution in [3.63, 3.8) is 0 Å². The maximum Gasteiger partial charge on any atom is 0.339 e. The van der Waals surface area contributed by atoms with Crippen molar-refractivity contribution in [1.82, 2.24) is 0 Å². The largest absolute Gasteiger partial charge is 0.507 e. The third kappa shape index (κ3) is 6.59. The highest BCUT2D eigenvalue weighted by Gasteiger charge is 2.13. The lowest BCUT2D eigenvalue weighted by Crippen LogP contribution is -2.07. The molecule has 2 rings (SSSR count). The lowest BCUT2D eigenvalue weighted by molar-refractivity contribution is -0.138. The molecule has 0 heterocycles. The van der Waals surface area contributed by atoms with Crippen LogP contribution in [0, 0.1) is 5.92 Å². The normalized spacial score (nSPS) is 12.4. The SMILES string of the molecule is CCC(C)Cc1ccc(C(C)C(=O)O)cc1.O=C(O)c1ccccc1O. The smallest absolute Gasteiger partial charge is 0.339 e. The minimum Gasteiger partial charge on any atom is -0.507 e. The second-order valence-electron chi connectivity index (χ2n) is 6.34. The number of para-hydroxylation sites is 1. The predicted molar refractivity (Wildman–Crippen MR) is 101 cm³/mol. The summed E-state index contributed by atoms with van der Waals surface area (Å²) in [6.45, 7) is 6.13. The number of carboxylic acid groups (broad SMARTS) is 2. The van der Waals surface area contributed by atoms with Gasteiger partial charge in [0.1, 0.15) is 11.3 Å². The molecule has 0 saturated carbocycles. The Morgan fingerprint density at radius 3 is 1.96 bits per heavy atom. The van der Waals surface area contributed by atoms with Crippen LogP contribution in [0.4, 0.5) is 0 Å². The van der Waals surface area contributed by atoms with Gasteiger partial charge in [-0.1, -0.05) is 56.7 Å². The third-order valence-electron chi connectivity index (χ3n) is 4.27. The summed E-state index contributed by atoms with van der Waals surface area (Å²) in [5.41, 5.74) is 2.10. The molecule has 2 atom stereocenters. The molecule has 0 aliphatic heterocycles. The van der Waals surface area contributed by atoms with Gasteiger partial charge in [-0.3, -0.25) is 4.79 Å². The van der Waals surface area contributed by atoms with Crippen LogP contribution in [0.5, 0.6) is 5.75 Å². The number of carbonyl (C=O) groups is 2. The summed E-state index contributed by atoms with van der Waals surface area (Å²) >= 11 is 0. The minimum absolute atomic E-state index is 0.0671. The Labute approximate surface area is 153 Å². The van der Waals surface area contributed by atoms with Gasteiger partial charge in [0, 0.05) is 0 Å².